The maximum atomic E-state index is 3.63. The fraction of sp³-hybridized carbons (Fsp3) is 0.375. The van der Waals surface area contributed by atoms with Gasteiger partial charge in [0.1, 0.15) is 0 Å². The van der Waals surface area contributed by atoms with E-state index in [0.717, 1.165) is 13.1 Å². The molecule has 19 heavy (non-hydrogen) atoms. The lowest BCUT2D eigenvalue weighted by Gasteiger charge is -2.07. The molecular weight excluding hydrogens is 318 g/mol. The number of benzene rings is 1. The molecule has 0 saturated heterocycles. The van der Waals surface area contributed by atoms with Gasteiger partial charge in [0.05, 0.1) is 0 Å². The van der Waals surface area contributed by atoms with Crippen LogP contribution in [-0.4, -0.2) is 0 Å². The van der Waals surface area contributed by atoms with Gasteiger partial charge in [0, 0.05) is 27.3 Å². The quantitative estimate of drug-likeness (QED) is 0.861. The number of aryl methyl sites for hydroxylation is 3. The van der Waals surface area contributed by atoms with Gasteiger partial charge >= 0.3 is 0 Å². The number of fused-ring (bicyclic) bond motifs is 1. The molecule has 100 valence electrons. The second-order valence-electron chi connectivity index (χ2n) is 5.21. The van der Waals surface area contributed by atoms with Crippen molar-refractivity contribution in [3.63, 3.8) is 0 Å². The van der Waals surface area contributed by atoms with Crippen molar-refractivity contribution in [3.05, 3.63) is 55.2 Å². The number of thiophene rings is 1. The molecule has 0 aliphatic heterocycles. The lowest BCUT2D eigenvalue weighted by atomic mass is 10.1. The summed E-state index contributed by atoms with van der Waals surface area (Å²) in [5.74, 6) is 0. The van der Waals surface area contributed by atoms with E-state index in [2.05, 4.69) is 52.4 Å². The van der Waals surface area contributed by atoms with Gasteiger partial charge in [-0.25, -0.2) is 0 Å². The van der Waals surface area contributed by atoms with Crippen LogP contribution in [0.2, 0.25) is 0 Å². The Kier molecular flexibility index (Phi) is 4.06. The predicted molar refractivity (Wildman–Crippen MR) is 85.8 cm³/mol. The highest BCUT2D eigenvalue weighted by molar-refractivity contribution is 9.10. The summed E-state index contributed by atoms with van der Waals surface area (Å²) in [6.45, 7) is 4.02. The molecule has 0 amide bonds. The van der Waals surface area contributed by atoms with Crippen molar-refractivity contribution in [2.24, 2.45) is 0 Å². The van der Waals surface area contributed by atoms with Crippen molar-refractivity contribution < 1.29 is 0 Å². The Morgan fingerprint density at radius 1 is 1.21 bits per heavy atom. The van der Waals surface area contributed by atoms with Crippen molar-refractivity contribution in [1.82, 2.24) is 5.32 Å². The Labute approximate surface area is 127 Å². The average Bonchev–Trinajstić information content (AvgIpc) is 2.92. The Morgan fingerprint density at radius 3 is 2.89 bits per heavy atom. The van der Waals surface area contributed by atoms with Crippen molar-refractivity contribution in [3.8, 4) is 0 Å². The summed E-state index contributed by atoms with van der Waals surface area (Å²) in [6.07, 6.45) is 3.93. The molecule has 1 nitrogen and oxygen atoms in total. The molecule has 0 spiro atoms. The summed E-state index contributed by atoms with van der Waals surface area (Å²) in [7, 11) is 0. The first-order valence-electron chi connectivity index (χ1n) is 6.78. The Morgan fingerprint density at radius 2 is 2.11 bits per heavy atom. The molecule has 1 heterocycles. The van der Waals surface area contributed by atoms with Crippen molar-refractivity contribution in [2.45, 2.75) is 39.3 Å². The molecule has 0 saturated carbocycles. The van der Waals surface area contributed by atoms with E-state index < -0.39 is 0 Å². The van der Waals surface area contributed by atoms with E-state index in [4.69, 9.17) is 0 Å². The largest absolute Gasteiger partial charge is 0.308 e. The number of nitrogens with one attached hydrogen (secondary N) is 1. The molecule has 1 aromatic heterocycles. The minimum atomic E-state index is 0.920. The first-order valence-corrected chi connectivity index (χ1v) is 8.39. The van der Waals surface area contributed by atoms with Crippen LogP contribution in [0.3, 0.4) is 0 Å². The second-order valence-corrected chi connectivity index (χ2v) is 7.29. The van der Waals surface area contributed by atoms with E-state index in [1.807, 2.05) is 11.3 Å². The van der Waals surface area contributed by atoms with Crippen LogP contribution in [0.15, 0.2) is 28.7 Å². The van der Waals surface area contributed by atoms with Crippen molar-refractivity contribution in [2.75, 3.05) is 0 Å². The smallest absolute Gasteiger partial charge is 0.0303 e. The van der Waals surface area contributed by atoms with Crippen LogP contribution >= 0.6 is 27.3 Å². The van der Waals surface area contributed by atoms with E-state index in [1.54, 1.807) is 10.4 Å². The van der Waals surface area contributed by atoms with Crippen LogP contribution in [0.25, 0.3) is 0 Å². The van der Waals surface area contributed by atoms with Gasteiger partial charge in [-0.3, -0.25) is 0 Å². The third-order valence-electron chi connectivity index (χ3n) is 3.62. The lowest BCUT2D eigenvalue weighted by Crippen LogP contribution is -2.12. The Balaban J connectivity index is 1.57. The maximum absolute atomic E-state index is 3.63. The van der Waals surface area contributed by atoms with Gasteiger partial charge in [-0.2, -0.15) is 0 Å². The topological polar surface area (TPSA) is 12.0 Å². The fourth-order valence-corrected chi connectivity index (χ4v) is 4.46. The standard InChI is InChI=1S/C16H18BrNS/c1-11-5-6-13(15(17)7-11)9-18-10-14-8-12-3-2-4-16(12)19-14/h5-8,18H,2-4,9-10H2,1H3. The zero-order valence-electron chi connectivity index (χ0n) is 11.1. The van der Waals surface area contributed by atoms with E-state index in [9.17, 15) is 0 Å². The molecule has 0 radical (unpaired) electrons. The van der Waals surface area contributed by atoms with Crippen molar-refractivity contribution >= 4 is 27.3 Å². The average molecular weight is 336 g/mol. The molecule has 2 aromatic rings. The molecular formula is C16H18BrNS. The third-order valence-corrected chi connectivity index (χ3v) is 5.60. The van der Waals surface area contributed by atoms with E-state index >= 15 is 0 Å². The molecule has 0 bridgehead atoms. The Bertz CT molecular complexity index is 567. The first-order chi connectivity index (χ1) is 9.22. The number of hydrogen-bond acceptors (Lipinski definition) is 2. The van der Waals surface area contributed by atoms with Crippen LogP contribution in [-0.2, 0) is 25.9 Å². The number of halogens is 1. The molecule has 3 rings (SSSR count). The highest BCUT2D eigenvalue weighted by atomic mass is 79.9. The van der Waals surface area contributed by atoms with Gasteiger partial charge in [-0.1, -0.05) is 28.1 Å². The van der Waals surface area contributed by atoms with Gasteiger partial charge in [0.15, 0.2) is 0 Å². The molecule has 3 heteroatoms. The zero-order chi connectivity index (χ0) is 13.2. The maximum Gasteiger partial charge on any atom is 0.0303 e. The zero-order valence-corrected chi connectivity index (χ0v) is 13.5. The highest BCUT2D eigenvalue weighted by Gasteiger charge is 2.14. The van der Waals surface area contributed by atoms with E-state index in [1.165, 1.54) is 39.7 Å². The second kappa shape index (κ2) is 5.78. The van der Waals surface area contributed by atoms with Crippen LogP contribution in [0.5, 0.6) is 0 Å². The van der Waals surface area contributed by atoms with Crippen LogP contribution < -0.4 is 5.32 Å². The highest BCUT2D eigenvalue weighted by Crippen LogP contribution is 2.30. The minimum absolute atomic E-state index is 0.920. The van der Waals surface area contributed by atoms with Crippen LogP contribution in [0.1, 0.15) is 32.9 Å². The molecule has 1 N–H and O–H groups in total. The summed E-state index contributed by atoms with van der Waals surface area (Å²) in [5, 5.41) is 3.55. The fourth-order valence-electron chi connectivity index (χ4n) is 2.59. The summed E-state index contributed by atoms with van der Waals surface area (Å²) in [6, 6.07) is 8.93. The van der Waals surface area contributed by atoms with Crippen molar-refractivity contribution in [1.29, 1.82) is 0 Å². The first kappa shape index (κ1) is 13.3. The summed E-state index contributed by atoms with van der Waals surface area (Å²) in [5.41, 5.74) is 4.22. The molecule has 1 aliphatic carbocycles. The molecule has 0 unspecified atom stereocenters. The molecule has 1 aromatic carbocycles. The number of hydrogen-bond donors (Lipinski definition) is 1. The summed E-state index contributed by atoms with van der Waals surface area (Å²) in [4.78, 5) is 3.10. The normalized spacial score (nSPS) is 13.8. The van der Waals surface area contributed by atoms with E-state index in [0.29, 0.717) is 0 Å². The summed E-state index contributed by atoms with van der Waals surface area (Å²) >= 11 is 5.62. The lowest BCUT2D eigenvalue weighted by molar-refractivity contribution is 0.698. The Hall–Kier alpha value is -0.640. The minimum Gasteiger partial charge on any atom is -0.308 e. The van der Waals surface area contributed by atoms with Crippen LogP contribution in [0.4, 0.5) is 0 Å². The van der Waals surface area contributed by atoms with Gasteiger partial charge in [0.25, 0.3) is 0 Å². The summed E-state index contributed by atoms with van der Waals surface area (Å²) < 4.78 is 1.20. The van der Waals surface area contributed by atoms with Gasteiger partial charge in [0.2, 0.25) is 0 Å². The SMILES string of the molecule is Cc1ccc(CNCc2cc3c(s2)CCC3)c(Br)c1. The molecule has 0 fully saturated rings. The van der Waals surface area contributed by atoms with E-state index in [-0.39, 0.29) is 0 Å². The molecule has 0 atom stereocenters. The third kappa shape index (κ3) is 3.10. The van der Waals surface area contributed by atoms with Crippen LogP contribution in [0, 0.1) is 6.92 Å². The van der Waals surface area contributed by atoms with Gasteiger partial charge in [-0.15, -0.1) is 11.3 Å². The monoisotopic (exact) mass is 335 g/mol. The number of rotatable bonds is 4. The predicted octanol–water partition coefficient (Wildman–Crippen LogP) is 4.60. The van der Waals surface area contributed by atoms with Gasteiger partial charge in [-0.05, 0) is 55.0 Å². The van der Waals surface area contributed by atoms with Gasteiger partial charge < -0.3 is 5.32 Å². The molecule has 1 aliphatic rings.